The molecule has 5 heteroatoms. The number of nitrogens with one attached hydrogen (secondary N) is 1. The van der Waals surface area contributed by atoms with E-state index in [4.69, 9.17) is 5.26 Å². The number of amides is 2. The topological polar surface area (TPSA) is 56.1 Å². The van der Waals surface area contributed by atoms with Crippen molar-refractivity contribution in [1.29, 1.82) is 5.26 Å². The maximum atomic E-state index is 12.9. The first-order chi connectivity index (χ1) is 8.04. The number of hydrogen-bond donors (Lipinski definition) is 1. The second-order valence-electron chi connectivity index (χ2n) is 3.76. The maximum Gasteiger partial charge on any atom is 0.321 e. The molecule has 1 aromatic rings. The van der Waals surface area contributed by atoms with Gasteiger partial charge in [-0.05, 0) is 25.1 Å². The Kier molecular flexibility index (Phi) is 4.46. The summed E-state index contributed by atoms with van der Waals surface area (Å²) >= 11 is 0. The first-order valence-electron chi connectivity index (χ1n) is 5.21. The van der Waals surface area contributed by atoms with E-state index >= 15 is 0 Å². The molecule has 1 aromatic carbocycles. The van der Waals surface area contributed by atoms with E-state index < -0.39 is 5.82 Å². The molecule has 0 saturated carbocycles. The van der Waals surface area contributed by atoms with Crippen molar-refractivity contribution < 1.29 is 9.18 Å². The zero-order valence-electron chi connectivity index (χ0n) is 9.77. The highest BCUT2D eigenvalue weighted by Gasteiger charge is 2.15. The SMILES string of the molecule is CC(CC#N)N(C)C(=O)Nc1cccc(F)c1. The van der Waals surface area contributed by atoms with Crippen molar-refractivity contribution in [2.24, 2.45) is 0 Å². The highest BCUT2D eigenvalue weighted by atomic mass is 19.1. The highest BCUT2D eigenvalue weighted by Crippen LogP contribution is 2.11. The van der Waals surface area contributed by atoms with Crippen molar-refractivity contribution >= 4 is 11.7 Å². The third-order valence-electron chi connectivity index (χ3n) is 2.44. The molecule has 1 N–H and O–H groups in total. The second kappa shape index (κ2) is 5.85. The van der Waals surface area contributed by atoms with Crippen molar-refractivity contribution in [3.05, 3.63) is 30.1 Å². The molecule has 0 aliphatic heterocycles. The van der Waals surface area contributed by atoms with E-state index in [9.17, 15) is 9.18 Å². The van der Waals surface area contributed by atoms with Gasteiger partial charge in [0.2, 0.25) is 0 Å². The minimum Gasteiger partial charge on any atom is -0.324 e. The van der Waals surface area contributed by atoms with Gasteiger partial charge in [0.1, 0.15) is 5.82 Å². The van der Waals surface area contributed by atoms with Crippen molar-refractivity contribution in [3.63, 3.8) is 0 Å². The Labute approximate surface area is 99.7 Å². The van der Waals surface area contributed by atoms with Crippen molar-refractivity contribution in [3.8, 4) is 6.07 Å². The van der Waals surface area contributed by atoms with Gasteiger partial charge in [0.15, 0.2) is 0 Å². The molecule has 0 heterocycles. The van der Waals surface area contributed by atoms with E-state index in [1.165, 1.54) is 23.1 Å². The van der Waals surface area contributed by atoms with E-state index in [0.29, 0.717) is 5.69 Å². The molecule has 1 unspecified atom stereocenters. The van der Waals surface area contributed by atoms with Crippen LogP contribution in [0.2, 0.25) is 0 Å². The number of rotatable bonds is 3. The smallest absolute Gasteiger partial charge is 0.321 e. The normalized spacial score (nSPS) is 11.4. The van der Waals surface area contributed by atoms with Gasteiger partial charge >= 0.3 is 6.03 Å². The zero-order chi connectivity index (χ0) is 12.8. The second-order valence-corrected chi connectivity index (χ2v) is 3.76. The number of carbonyl (C=O) groups excluding carboxylic acids is 1. The molecule has 0 aliphatic rings. The first kappa shape index (κ1) is 13.0. The Balaban J connectivity index is 2.63. The lowest BCUT2D eigenvalue weighted by Crippen LogP contribution is -2.38. The average Bonchev–Trinajstić information content (AvgIpc) is 2.28. The Bertz CT molecular complexity index is 442. The van der Waals surface area contributed by atoms with Gasteiger partial charge < -0.3 is 10.2 Å². The van der Waals surface area contributed by atoms with Gasteiger partial charge in [-0.2, -0.15) is 5.26 Å². The van der Waals surface area contributed by atoms with Crippen LogP contribution in [-0.2, 0) is 0 Å². The molecule has 90 valence electrons. The van der Waals surface area contributed by atoms with E-state index in [1.807, 2.05) is 6.07 Å². The lowest BCUT2D eigenvalue weighted by molar-refractivity contribution is 0.208. The van der Waals surface area contributed by atoms with Gasteiger partial charge in [-0.3, -0.25) is 0 Å². The van der Waals surface area contributed by atoms with Crippen LogP contribution in [0.1, 0.15) is 13.3 Å². The zero-order valence-corrected chi connectivity index (χ0v) is 9.77. The number of halogens is 1. The molecule has 2 amide bonds. The Morgan fingerprint density at radius 1 is 1.65 bits per heavy atom. The summed E-state index contributed by atoms with van der Waals surface area (Å²) in [6, 6.07) is 7.10. The molecule has 17 heavy (non-hydrogen) atoms. The number of carbonyl (C=O) groups is 1. The van der Waals surface area contributed by atoms with Crippen LogP contribution in [0.5, 0.6) is 0 Å². The summed E-state index contributed by atoms with van der Waals surface area (Å²) < 4.78 is 12.9. The third kappa shape index (κ3) is 3.76. The lowest BCUT2D eigenvalue weighted by Gasteiger charge is -2.23. The fourth-order valence-corrected chi connectivity index (χ4v) is 1.25. The molecule has 0 saturated heterocycles. The van der Waals surface area contributed by atoms with Crippen LogP contribution in [0.25, 0.3) is 0 Å². The minimum absolute atomic E-state index is 0.187. The predicted octanol–water partition coefficient (Wildman–Crippen LogP) is 2.59. The molecule has 1 atom stereocenters. The molecular formula is C12H14FN3O. The van der Waals surface area contributed by atoms with Crippen molar-refractivity contribution in [2.45, 2.75) is 19.4 Å². The summed E-state index contributed by atoms with van der Waals surface area (Å²) in [5, 5.41) is 11.1. The van der Waals surface area contributed by atoms with Crippen LogP contribution >= 0.6 is 0 Å². The van der Waals surface area contributed by atoms with Gasteiger partial charge in [0, 0.05) is 18.8 Å². The van der Waals surface area contributed by atoms with E-state index in [2.05, 4.69) is 5.32 Å². The predicted molar refractivity (Wildman–Crippen MR) is 62.9 cm³/mol. The molecule has 4 nitrogen and oxygen atoms in total. The maximum absolute atomic E-state index is 12.9. The number of benzene rings is 1. The van der Waals surface area contributed by atoms with Gasteiger partial charge in [-0.15, -0.1) is 0 Å². The third-order valence-corrected chi connectivity index (χ3v) is 2.44. The van der Waals surface area contributed by atoms with Gasteiger partial charge in [0.05, 0.1) is 12.5 Å². The van der Waals surface area contributed by atoms with Crippen LogP contribution in [-0.4, -0.2) is 24.0 Å². The van der Waals surface area contributed by atoms with Crippen LogP contribution in [0.4, 0.5) is 14.9 Å². The minimum atomic E-state index is -0.407. The summed E-state index contributed by atoms with van der Waals surface area (Å²) in [5.74, 6) is -0.407. The van der Waals surface area contributed by atoms with Crippen molar-refractivity contribution in [2.75, 3.05) is 12.4 Å². The van der Waals surface area contributed by atoms with Gasteiger partial charge in [-0.1, -0.05) is 6.07 Å². The van der Waals surface area contributed by atoms with E-state index in [0.717, 1.165) is 0 Å². The molecule has 0 fully saturated rings. The molecule has 1 rings (SSSR count). The molecule has 0 spiro atoms. The van der Waals surface area contributed by atoms with Crippen LogP contribution in [0.3, 0.4) is 0 Å². The van der Waals surface area contributed by atoms with E-state index in [1.54, 1.807) is 20.0 Å². The fraction of sp³-hybridized carbons (Fsp3) is 0.333. The van der Waals surface area contributed by atoms with Crippen LogP contribution in [0, 0.1) is 17.1 Å². The largest absolute Gasteiger partial charge is 0.324 e. The number of anilines is 1. The quantitative estimate of drug-likeness (QED) is 0.875. The number of nitriles is 1. The van der Waals surface area contributed by atoms with Gasteiger partial charge in [0.25, 0.3) is 0 Å². The standard InChI is InChI=1S/C12H14FN3O/c1-9(6-7-14)16(2)12(17)15-11-5-3-4-10(13)8-11/h3-5,8-9H,6H2,1-2H3,(H,15,17). The lowest BCUT2D eigenvalue weighted by atomic mass is 10.2. The molecule has 0 aliphatic carbocycles. The van der Waals surface area contributed by atoms with Crippen LogP contribution in [0.15, 0.2) is 24.3 Å². The molecular weight excluding hydrogens is 221 g/mol. The summed E-state index contributed by atoms with van der Waals surface area (Å²) in [7, 11) is 1.59. The monoisotopic (exact) mass is 235 g/mol. The first-order valence-corrected chi connectivity index (χ1v) is 5.21. The number of nitrogens with zero attached hydrogens (tertiary/aromatic N) is 2. The molecule has 0 aromatic heterocycles. The van der Waals surface area contributed by atoms with E-state index in [-0.39, 0.29) is 18.5 Å². The highest BCUT2D eigenvalue weighted by molar-refractivity contribution is 5.89. The van der Waals surface area contributed by atoms with Crippen molar-refractivity contribution in [1.82, 2.24) is 4.90 Å². The fourth-order valence-electron chi connectivity index (χ4n) is 1.25. The summed E-state index contributed by atoms with van der Waals surface area (Å²) in [6.45, 7) is 1.77. The Morgan fingerprint density at radius 2 is 2.35 bits per heavy atom. The van der Waals surface area contributed by atoms with Crippen LogP contribution < -0.4 is 5.32 Å². The number of urea groups is 1. The summed E-state index contributed by atoms with van der Waals surface area (Å²) in [6.07, 6.45) is 0.257. The summed E-state index contributed by atoms with van der Waals surface area (Å²) in [4.78, 5) is 13.1. The Hall–Kier alpha value is -2.09. The average molecular weight is 235 g/mol. The Morgan fingerprint density at radius 3 is 2.94 bits per heavy atom. The summed E-state index contributed by atoms with van der Waals surface area (Å²) in [5.41, 5.74) is 0.394. The number of hydrogen-bond acceptors (Lipinski definition) is 2. The van der Waals surface area contributed by atoms with Gasteiger partial charge in [-0.25, -0.2) is 9.18 Å². The molecule has 0 bridgehead atoms. The molecule has 0 radical (unpaired) electrons.